The van der Waals surface area contributed by atoms with Crippen LogP contribution in [-0.4, -0.2) is 0 Å². The highest BCUT2D eigenvalue weighted by molar-refractivity contribution is 5.50. The zero-order valence-electron chi connectivity index (χ0n) is 96.3. The van der Waals surface area contributed by atoms with Gasteiger partial charge in [-0.25, -0.2) is 0 Å². The highest BCUT2D eigenvalue weighted by Crippen LogP contribution is 2.40. The summed E-state index contributed by atoms with van der Waals surface area (Å²) in [5, 5.41) is 0. The van der Waals surface area contributed by atoms with Gasteiger partial charge in [0.05, 0.1) is 0 Å². The summed E-state index contributed by atoms with van der Waals surface area (Å²) in [5.41, 5.74) is 25.3. The van der Waals surface area contributed by atoms with Gasteiger partial charge in [0.25, 0.3) is 0 Å². The highest BCUT2D eigenvalue weighted by atomic mass is 14.3. The topological polar surface area (TPSA) is 0 Å². The van der Waals surface area contributed by atoms with E-state index in [0.29, 0.717) is 0 Å². The third-order valence-corrected chi connectivity index (χ3v) is 34.3. The molecule has 0 atom stereocenters. The normalized spacial score (nSPS) is 18.6. The maximum Gasteiger partial charge on any atom is 0.0249 e. The lowest BCUT2D eigenvalue weighted by Gasteiger charge is -2.28. The predicted molar refractivity (Wildman–Crippen MR) is 654 cm³/mol. The molecule has 5 aliphatic carbocycles. The van der Waals surface area contributed by atoms with Crippen LogP contribution in [0.5, 0.6) is 0 Å². The Hall–Kier alpha value is -10.0. The molecule has 800 valence electrons. The summed E-state index contributed by atoms with van der Waals surface area (Å²) in [7, 11) is 0. The first-order valence-corrected chi connectivity index (χ1v) is 62.3. The zero-order chi connectivity index (χ0) is 105. The van der Waals surface area contributed by atoms with Gasteiger partial charge in [-0.05, 0) is 340 Å². The quantitative estimate of drug-likeness (QED) is 0.0264. The van der Waals surface area contributed by atoms with Crippen molar-refractivity contribution in [2.24, 2.45) is 59.2 Å². The van der Waals surface area contributed by atoms with Crippen LogP contribution in [0.25, 0.3) is 0 Å². The number of benzene rings is 10. The van der Waals surface area contributed by atoms with Crippen LogP contribution in [0.15, 0.2) is 243 Å². The molecule has 10 aromatic carbocycles. The smallest absolute Gasteiger partial charge is 0.0249 e. The molecule has 0 unspecified atom stereocenters. The van der Waals surface area contributed by atoms with Crippen LogP contribution in [0, 0.1) is 125 Å². The first-order valence-electron chi connectivity index (χ1n) is 62.3. The van der Waals surface area contributed by atoms with E-state index in [0.717, 1.165) is 128 Å². The van der Waals surface area contributed by atoms with Gasteiger partial charge in [0, 0.05) is 55.6 Å². The van der Waals surface area contributed by atoms with Crippen LogP contribution in [-0.2, 0) is 57.8 Å². The molecule has 0 bridgehead atoms. The summed E-state index contributed by atoms with van der Waals surface area (Å²) in [6, 6.07) is 88.0. The number of hydrogen-bond acceptors (Lipinski definition) is 0. The Balaban J connectivity index is 0.000000178. The van der Waals surface area contributed by atoms with Crippen molar-refractivity contribution in [3.05, 3.63) is 354 Å². The van der Waals surface area contributed by atoms with Crippen LogP contribution in [0.4, 0.5) is 0 Å². The van der Waals surface area contributed by atoms with Gasteiger partial charge in [-0.1, -0.05) is 531 Å². The van der Waals surface area contributed by atoms with Gasteiger partial charge in [-0.15, -0.1) is 0 Å². The van der Waals surface area contributed by atoms with E-state index in [1.165, 1.54) is 428 Å². The van der Waals surface area contributed by atoms with Crippen molar-refractivity contribution in [3.8, 4) is 59.2 Å². The molecule has 0 aromatic heterocycles. The second-order valence-corrected chi connectivity index (χ2v) is 46.7. The molecule has 10 aromatic rings. The second kappa shape index (κ2) is 73.3. The molecule has 150 heavy (non-hydrogen) atoms. The van der Waals surface area contributed by atoms with Gasteiger partial charge in [-0.2, -0.15) is 0 Å². The Morgan fingerprint density at radius 2 is 0.287 bits per heavy atom. The number of aryl methyl sites for hydroxylation is 10. The first kappa shape index (κ1) is 120. The van der Waals surface area contributed by atoms with Crippen LogP contribution in [0.3, 0.4) is 0 Å². The molecule has 0 saturated heterocycles. The second-order valence-electron chi connectivity index (χ2n) is 46.7. The molecule has 0 heteroatoms. The molecule has 5 aliphatic rings. The van der Waals surface area contributed by atoms with Crippen molar-refractivity contribution in [1.29, 1.82) is 0 Å². The summed E-state index contributed by atoms with van der Waals surface area (Å²) in [6.07, 6.45) is 82.9. The molecule has 0 spiro atoms. The number of rotatable bonds is 45. The molecule has 0 N–H and O–H groups in total. The monoisotopic (exact) mass is 2000 g/mol. The van der Waals surface area contributed by atoms with Crippen molar-refractivity contribution in [2.45, 2.75) is 454 Å². The third kappa shape index (κ3) is 49.4. The molecule has 0 amide bonds. The summed E-state index contributed by atoms with van der Waals surface area (Å²) in [5.74, 6) is 42.9. The third-order valence-electron chi connectivity index (χ3n) is 34.3. The van der Waals surface area contributed by atoms with E-state index in [-0.39, 0.29) is 0 Å². The summed E-state index contributed by atoms with van der Waals surface area (Å²) < 4.78 is 0. The average molecular weight is 2000 g/mol. The first-order chi connectivity index (χ1) is 73.8. The number of unbranched alkanes of at least 4 members (excludes halogenated alkanes) is 13. The standard InChI is InChI=1S/C32H44.C31H42.C30H40.C29H38.C28H36/c1-3-5-7-9-27-11-15-29(16-12-27)19-21-31-23-25-32(26-24-31)22-20-30-17-13-28(14-18-30)10-8-6-4-2;1-3-5-7-9-27-12-16-29(17-13-27)19-21-31-24-22-30(23-25-31)20-18-28-14-10-26(11-15-28)8-6-4-2;1-3-5-6-8-26-11-15-28(16-12-26)18-20-30-23-21-29(22-24-30)19-17-27-13-9-25(7-4-2)10-14-27;1-3-5-6-7-25-12-14-27(15-13-25)18-19-29-22-20-28(21-23-29)17-16-26-10-8-24(4-2)9-11-26;1-3-4-5-6-24-11-13-26(14-12-24)17-18-28-21-19-27(20-22-28)16-15-25-9-7-23(2)8-10-25/h11-12,15-16,23-26,28,30H,3-10,13-14,17-18,20,22H2,1-2H3;10-11,14-15,22-25,27,29H,3-9,12-13,16-17,19,21H2,1-2H3;9-10,13-14,21-24,26,28H,3-8,11-12,15-16,18,20H2,1-2H3;8-11,20-23,25,27H,3-7,12-15,18-19H2,1-2H3;7-10,19-22,24,26H,3-6,11-14,17-18H2,1-2H3/t28-,30-;27-,29-;26-,28-;25-,27-;24-,26-. The predicted octanol–water partition coefficient (Wildman–Crippen LogP) is 41.9. The maximum absolute atomic E-state index is 3.34. The lowest BCUT2D eigenvalue weighted by Crippen LogP contribution is -2.15. The Bertz CT molecular complexity index is 5520. The van der Waals surface area contributed by atoms with Gasteiger partial charge in [0.2, 0.25) is 0 Å². The van der Waals surface area contributed by atoms with E-state index in [1.54, 1.807) is 0 Å². The lowest BCUT2D eigenvalue weighted by molar-refractivity contribution is 0.249. The highest BCUT2D eigenvalue weighted by Gasteiger charge is 2.26. The molecular formula is C150H200. The van der Waals surface area contributed by atoms with Crippen molar-refractivity contribution >= 4 is 0 Å². The van der Waals surface area contributed by atoms with Crippen molar-refractivity contribution in [2.75, 3.05) is 0 Å². The minimum atomic E-state index is 0.946. The van der Waals surface area contributed by atoms with Gasteiger partial charge < -0.3 is 0 Å². The fourth-order valence-electron chi connectivity index (χ4n) is 23.8. The minimum Gasteiger partial charge on any atom is -0.0654 e. The number of hydrogen-bond donors (Lipinski definition) is 0. The Labute approximate surface area is 920 Å². The molecule has 5 saturated carbocycles. The molecule has 0 aliphatic heterocycles. The average Bonchev–Trinajstić information content (AvgIpc) is 0.886. The lowest BCUT2D eigenvalue weighted by atomic mass is 9.78. The summed E-state index contributed by atoms with van der Waals surface area (Å²) >= 11 is 0. The van der Waals surface area contributed by atoms with Crippen LogP contribution < -0.4 is 0 Å². The minimum absolute atomic E-state index is 0.946. The Morgan fingerprint density at radius 3 is 0.460 bits per heavy atom. The van der Waals surface area contributed by atoms with Crippen LogP contribution in [0.2, 0.25) is 0 Å². The van der Waals surface area contributed by atoms with E-state index in [1.807, 2.05) is 0 Å². The van der Waals surface area contributed by atoms with Crippen molar-refractivity contribution in [1.82, 2.24) is 0 Å². The van der Waals surface area contributed by atoms with E-state index in [4.69, 9.17) is 0 Å². The molecule has 0 heterocycles. The largest absolute Gasteiger partial charge is 0.0654 e. The molecule has 0 radical (unpaired) electrons. The van der Waals surface area contributed by atoms with E-state index in [2.05, 4.69) is 371 Å². The zero-order valence-corrected chi connectivity index (χ0v) is 96.3. The van der Waals surface area contributed by atoms with Gasteiger partial charge >= 0.3 is 0 Å². The fourth-order valence-corrected chi connectivity index (χ4v) is 23.8. The van der Waals surface area contributed by atoms with Crippen molar-refractivity contribution < 1.29 is 0 Å². The van der Waals surface area contributed by atoms with Gasteiger partial charge in [0.15, 0.2) is 0 Å². The van der Waals surface area contributed by atoms with E-state index in [9.17, 15) is 0 Å². The summed E-state index contributed by atoms with van der Waals surface area (Å²) in [4.78, 5) is 0. The Kier molecular flexibility index (Phi) is 58.8. The molecule has 0 nitrogen and oxygen atoms in total. The fraction of sp³-hybridized carbons (Fsp3) is 0.533. The van der Waals surface area contributed by atoms with Crippen LogP contribution in [0.1, 0.15) is 501 Å². The van der Waals surface area contributed by atoms with E-state index < -0.39 is 0 Å². The van der Waals surface area contributed by atoms with Gasteiger partial charge in [0.1, 0.15) is 0 Å². The molecule has 5 fully saturated rings. The van der Waals surface area contributed by atoms with Gasteiger partial charge in [-0.3, -0.25) is 0 Å². The molecule has 15 rings (SSSR count). The summed E-state index contributed by atoms with van der Waals surface area (Å²) in [6.45, 7) is 22.5. The Morgan fingerprint density at radius 1 is 0.140 bits per heavy atom. The maximum atomic E-state index is 3.34. The van der Waals surface area contributed by atoms with Crippen molar-refractivity contribution in [3.63, 3.8) is 0 Å². The van der Waals surface area contributed by atoms with Crippen LogP contribution >= 0.6 is 0 Å². The van der Waals surface area contributed by atoms with E-state index >= 15 is 0 Å². The molecular weight excluding hydrogens is 1800 g/mol. The SMILES string of the molecule is CCCCC[C@H]1CC[C@H](CCc2ccc(C#Cc3ccc(C)cc3)cc2)CC1.CCCCC[C@H]1CC[C@H](CCc2ccc(C#Cc3ccc(CC)cc3)cc2)CC1.CCCCC[C@H]1CC[C@H](CCc2ccc(C#Cc3ccc(CCC)cc3)cc2)CC1.CCCCC[C@H]1CC[C@H](CCc2ccc(C#Cc3ccc(CCCC)cc3)cc2)CC1.CCCCCc1ccc(C#Cc2ccc(CC[C@H]3CC[C@H](CCCCC)CC3)cc2)cc1.